The van der Waals surface area contributed by atoms with Crippen molar-refractivity contribution in [1.29, 1.82) is 0 Å². The highest BCUT2D eigenvalue weighted by Gasteiger charge is 2.49. The molecule has 0 N–H and O–H groups in total. The summed E-state index contributed by atoms with van der Waals surface area (Å²) in [5.74, 6) is -1.04. The van der Waals surface area contributed by atoms with Gasteiger partial charge in [0.2, 0.25) is 5.75 Å². The predicted molar refractivity (Wildman–Crippen MR) is 163 cm³/mol. The number of carbonyl (C=O) groups excluding carboxylic acids is 2. The third kappa shape index (κ3) is 6.27. The Hall–Kier alpha value is -4.19. The molecule has 0 radical (unpaired) electrons. The lowest BCUT2D eigenvalue weighted by molar-refractivity contribution is -0.385. The van der Waals surface area contributed by atoms with Crippen LogP contribution in [-0.2, 0) is 20.5 Å². The van der Waals surface area contributed by atoms with E-state index in [9.17, 15) is 32.9 Å². The Bertz CT molecular complexity index is 1620. The number of Topliss-reactive ketones (excluding diaryl/α,β-unsaturated/α-hetero) is 2. The summed E-state index contributed by atoms with van der Waals surface area (Å²) in [6, 6.07) is 6.79. The molecule has 1 heterocycles. The van der Waals surface area contributed by atoms with Crippen molar-refractivity contribution in [2.24, 2.45) is 10.8 Å². The zero-order valence-corrected chi connectivity index (χ0v) is 26.7. The van der Waals surface area contributed by atoms with Crippen molar-refractivity contribution in [2.45, 2.75) is 65.5 Å². The highest BCUT2D eigenvalue weighted by atomic mass is 19.4. The number of carbonyl (C=O) groups is 2. The lowest BCUT2D eigenvalue weighted by Crippen LogP contribution is -2.45. The standard InChI is InChI=1S/C34H37F3N2O7/c1-32(2)15-22-30(24(40)17-32)29(31-23(38(22)11-12-44-5)16-33(3,4)18-25(31)41)19-7-9-27(28(13-19)45-6)46-26-10-8-20(34(35,36)37)14-21(26)39(42)43/h7-10,13-14,29H,11-12,15-18H2,1-6H3. The molecule has 0 aromatic heterocycles. The van der Waals surface area contributed by atoms with Gasteiger partial charge in [0.1, 0.15) is 0 Å². The van der Waals surface area contributed by atoms with Gasteiger partial charge in [-0.15, -0.1) is 0 Å². The van der Waals surface area contributed by atoms with Crippen molar-refractivity contribution in [3.63, 3.8) is 0 Å². The lowest BCUT2D eigenvalue weighted by Gasteiger charge is -2.49. The van der Waals surface area contributed by atoms with Gasteiger partial charge in [0.15, 0.2) is 23.1 Å². The highest BCUT2D eigenvalue weighted by molar-refractivity contribution is 6.06. The number of rotatable bonds is 8. The van der Waals surface area contributed by atoms with Gasteiger partial charge in [-0.3, -0.25) is 19.7 Å². The number of nitrogens with zero attached hydrogens (tertiary/aromatic N) is 2. The van der Waals surface area contributed by atoms with Crippen LogP contribution in [0.3, 0.4) is 0 Å². The maximum atomic E-state index is 14.0. The fourth-order valence-corrected chi connectivity index (χ4v) is 6.82. The van der Waals surface area contributed by atoms with Crippen molar-refractivity contribution < 1.29 is 41.9 Å². The molecule has 0 fully saturated rings. The molecule has 0 saturated heterocycles. The van der Waals surface area contributed by atoms with E-state index in [0.29, 0.717) is 67.7 Å². The second kappa shape index (κ2) is 11.9. The van der Waals surface area contributed by atoms with E-state index >= 15 is 0 Å². The van der Waals surface area contributed by atoms with Gasteiger partial charge in [-0.05, 0) is 53.5 Å². The van der Waals surface area contributed by atoms with Crippen LogP contribution in [0.2, 0.25) is 0 Å². The summed E-state index contributed by atoms with van der Waals surface area (Å²) in [5.41, 5.74) is 0.790. The first-order chi connectivity index (χ1) is 21.5. The number of halogens is 3. The largest absolute Gasteiger partial charge is 0.493 e. The molecule has 246 valence electrons. The summed E-state index contributed by atoms with van der Waals surface area (Å²) >= 11 is 0. The average Bonchev–Trinajstić information content (AvgIpc) is 2.94. The first kappa shape index (κ1) is 33.2. The number of hydrogen-bond donors (Lipinski definition) is 0. The SMILES string of the molecule is COCCN1C2=C(C(=O)CC(C)(C)C2)C(c2ccc(Oc3ccc(C(F)(F)F)cc3[N+](=O)[O-])c(OC)c2)C2=C1CC(C)(C)CC2=O. The molecule has 5 rings (SSSR count). The molecule has 12 heteroatoms. The second-order valence-electron chi connectivity index (χ2n) is 13.6. The molecule has 2 aromatic rings. The van der Waals surface area contributed by atoms with Crippen LogP contribution >= 0.6 is 0 Å². The van der Waals surface area contributed by atoms with Gasteiger partial charge in [0.25, 0.3) is 0 Å². The molecule has 0 spiro atoms. The summed E-state index contributed by atoms with van der Waals surface area (Å²) in [5, 5.41) is 11.7. The monoisotopic (exact) mass is 642 g/mol. The predicted octanol–water partition coefficient (Wildman–Crippen LogP) is 7.75. The molecule has 2 aliphatic carbocycles. The molecule has 0 atom stereocenters. The molecular formula is C34H37F3N2O7. The van der Waals surface area contributed by atoms with Crippen molar-refractivity contribution in [1.82, 2.24) is 4.90 Å². The highest BCUT2D eigenvalue weighted by Crippen LogP contribution is 2.55. The first-order valence-electron chi connectivity index (χ1n) is 15.0. The summed E-state index contributed by atoms with van der Waals surface area (Å²) < 4.78 is 56.5. The minimum absolute atomic E-state index is 0.0160. The molecule has 0 amide bonds. The number of allylic oxidation sites excluding steroid dienone is 4. The van der Waals surface area contributed by atoms with Gasteiger partial charge in [-0.25, -0.2) is 0 Å². The Kier molecular flexibility index (Phi) is 8.56. The van der Waals surface area contributed by atoms with Crippen LogP contribution in [-0.4, -0.2) is 48.8 Å². The smallest absolute Gasteiger partial charge is 0.416 e. The molecule has 9 nitrogen and oxygen atoms in total. The number of nitro benzene ring substituents is 1. The Balaban J connectivity index is 1.65. The molecule has 3 aliphatic rings. The molecule has 2 aromatic carbocycles. The van der Waals surface area contributed by atoms with E-state index in [0.717, 1.165) is 17.5 Å². The summed E-state index contributed by atoms with van der Waals surface area (Å²) in [6.45, 7) is 9.08. The van der Waals surface area contributed by atoms with Crippen molar-refractivity contribution >= 4 is 17.3 Å². The topological polar surface area (TPSA) is 108 Å². The number of ketones is 2. The van der Waals surface area contributed by atoms with E-state index in [1.165, 1.54) is 13.2 Å². The summed E-state index contributed by atoms with van der Waals surface area (Å²) in [7, 11) is 2.97. The van der Waals surface area contributed by atoms with Crippen LogP contribution < -0.4 is 9.47 Å². The van der Waals surface area contributed by atoms with Crippen LogP contribution in [0.25, 0.3) is 0 Å². The van der Waals surface area contributed by atoms with Crippen LogP contribution in [0.15, 0.2) is 58.9 Å². The number of alkyl halides is 3. The normalized spacial score (nSPS) is 19.6. The Labute approximate surface area is 265 Å². The van der Waals surface area contributed by atoms with E-state index in [1.807, 2.05) is 27.7 Å². The van der Waals surface area contributed by atoms with Gasteiger partial charge in [-0.2, -0.15) is 13.2 Å². The third-order valence-corrected chi connectivity index (χ3v) is 8.76. The maximum Gasteiger partial charge on any atom is 0.416 e. The van der Waals surface area contributed by atoms with E-state index in [4.69, 9.17) is 14.2 Å². The lowest BCUT2D eigenvalue weighted by atomic mass is 9.63. The Morgan fingerprint density at radius 2 is 1.43 bits per heavy atom. The first-order valence-corrected chi connectivity index (χ1v) is 15.0. The third-order valence-electron chi connectivity index (χ3n) is 8.76. The zero-order chi connectivity index (χ0) is 33.8. The van der Waals surface area contributed by atoms with Crippen LogP contribution in [0.1, 0.15) is 70.4 Å². The van der Waals surface area contributed by atoms with Gasteiger partial charge < -0.3 is 19.1 Å². The molecule has 1 aliphatic heterocycles. The van der Waals surface area contributed by atoms with Crippen molar-refractivity contribution in [3.8, 4) is 17.2 Å². The fourth-order valence-electron chi connectivity index (χ4n) is 6.82. The Morgan fingerprint density at radius 1 is 0.870 bits per heavy atom. The molecular weight excluding hydrogens is 605 g/mol. The van der Waals surface area contributed by atoms with E-state index in [1.54, 1.807) is 19.2 Å². The van der Waals surface area contributed by atoms with E-state index in [2.05, 4.69) is 4.90 Å². The van der Waals surface area contributed by atoms with E-state index in [-0.39, 0.29) is 33.9 Å². The second-order valence-corrected chi connectivity index (χ2v) is 13.6. The Morgan fingerprint density at radius 3 is 1.93 bits per heavy atom. The number of ether oxygens (including phenoxy) is 3. The average molecular weight is 643 g/mol. The summed E-state index contributed by atoms with van der Waals surface area (Å²) in [4.78, 5) is 40.8. The van der Waals surface area contributed by atoms with Crippen molar-refractivity contribution in [3.05, 3.63) is 80.2 Å². The van der Waals surface area contributed by atoms with Crippen LogP contribution in [0.4, 0.5) is 18.9 Å². The fraction of sp³-hybridized carbons (Fsp3) is 0.471. The van der Waals surface area contributed by atoms with Gasteiger partial charge in [0.05, 0.1) is 24.2 Å². The molecule has 0 saturated carbocycles. The number of benzene rings is 2. The van der Waals surface area contributed by atoms with Crippen molar-refractivity contribution in [2.75, 3.05) is 27.4 Å². The number of methoxy groups -OCH3 is 2. The van der Waals surface area contributed by atoms with Crippen LogP contribution in [0, 0.1) is 20.9 Å². The summed E-state index contributed by atoms with van der Waals surface area (Å²) in [6.07, 6.45) is -2.93. The van der Waals surface area contributed by atoms with Gasteiger partial charge >= 0.3 is 11.9 Å². The quantitative estimate of drug-likeness (QED) is 0.213. The zero-order valence-electron chi connectivity index (χ0n) is 26.7. The minimum atomic E-state index is -4.78. The minimum Gasteiger partial charge on any atom is -0.493 e. The van der Waals surface area contributed by atoms with Gasteiger partial charge in [0, 0.05) is 61.0 Å². The number of nitro groups is 1. The van der Waals surface area contributed by atoms with Crippen LogP contribution in [0.5, 0.6) is 17.2 Å². The maximum absolute atomic E-state index is 14.0. The molecule has 0 bridgehead atoms. The number of hydrogen-bond acceptors (Lipinski definition) is 8. The van der Waals surface area contributed by atoms with Gasteiger partial charge in [-0.1, -0.05) is 33.8 Å². The molecule has 46 heavy (non-hydrogen) atoms. The van der Waals surface area contributed by atoms with E-state index < -0.39 is 34.0 Å². The molecule has 0 unspecified atom stereocenters.